The number of halogens is 1. The summed E-state index contributed by atoms with van der Waals surface area (Å²) in [6.07, 6.45) is 0.244. The van der Waals surface area contributed by atoms with E-state index in [2.05, 4.69) is 16.0 Å². The summed E-state index contributed by atoms with van der Waals surface area (Å²) in [4.78, 5) is 40.4. The Kier molecular flexibility index (Phi) is 6.40. The molecule has 33 heavy (non-hydrogen) atoms. The van der Waals surface area contributed by atoms with Gasteiger partial charge in [-0.1, -0.05) is 32.4 Å². The summed E-state index contributed by atoms with van der Waals surface area (Å²) in [6.45, 7) is 7.31. The molecular formula is C22H25ClN4O5S. The number of benzene rings is 1. The molecule has 176 valence electrons. The number of carbonyl (C=O) groups excluding carboxylic acids is 3. The number of anilines is 2. The Hall–Kier alpha value is -2.98. The lowest BCUT2D eigenvalue weighted by Gasteiger charge is -2.20. The van der Waals surface area contributed by atoms with Crippen LogP contribution in [0.1, 0.15) is 42.4 Å². The fraction of sp³-hybridized carbons (Fsp3) is 0.409. The molecule has 2 aliphatic rings. The molecule has 0 radical (unpaired) electrons. The van der Waals surface area contributed by atoms with Gasteiger partial charge in [-0.05, 0) is 23.6 Å². The van der Waals surface area contributed by atoms with Crippen molar-refractivity contribution in [2.45, 2.75) is 32.6 Å². The van der Waals surface area contributed by atoms with E-state index in [1.807, 2.05) is 26.8 Å². The summed E-state index contributed by atoms with van der Waals surface area (Å²) < 4.78 is 10.6. The number of amides is 4. The van der Waals surface area contributed by atoms with Crippen molar-refractivity contribution in [3.8, 4) is 11.5 Å². The third-order valence-electron chi connectivity index (χ3n) is 5.26. The summed E-state index contributed by atoms with van der Waals surface area (Å²) in [5, 5.41) is 8.94. The monoisotopic (exact) mass is 492 g/mol. The van der Waals surface area contributed by atoms with Crippen molar-refractivity contribution < 1.29 is 23.9 Å². The first-order valence-electron chi connectivity index (χ1n) is 10.5. The number of urea groups is 1. The molecule has 1 fully saturated rings. The van der Waals surface area contributed by atoms with Crippen LogP contribution in [0.25, 0.3) is 0 Å². The van der Waals surface area contributed by atoms with Crippen LogP contribution < -0.4 is 25.4 Å². The molecule has 0 spiro atoms. The van der Waals surface area contributed by atoms with Crippen LogP contribution >= 0.6 is 22.9 Å². The Bertz CT molecular complexity index is 1110. The third-order valence-corrected chi connectivity index (χ3v) is 7.11. The number of fused-ring (bicyclic) bond motifs is 1. The summed E-state index contributed by atoms with van der Waals surface area (Å²) in [7, 11) is 0. The maximum atomic E-state index is 13.3. The summed E-state index contributed by atoms with van der Waals surface area (Å²) in [5.74, 6) is 0.581. The van der Waals surface area contributed by atoms with Crippen LogP contribution in [-0.2, 0) is 10.2 Å². The number of thiophene rings is 1. The van der Waals surface area contributed by atoms with E-state index in [9.17, 15) is 14.4 Å². The average molecular weight is 493 g/mol. The molecule has 2 aliphatic heterocycles. The topological polar surface area (TPSA) is 109 Å². The lowest BCUT2D eigenvalue weighted by atomic mass is 9.94. The Morgan fingerprint density at radius 1 is 1.18 bits per heavy atom. The van der Waals surface area contributed by atoms with Gasteiger partial charge in [-0.25, -0.2) is 4.79 Å². The van der Waals surface area contributed by atoms with Gasteiger partial charge in [0.25, 0.3) is 5.91 Å². The normalized spacial score (nSPS) is 15.6. The second-order valence-electron chi connectivity index (χ2n) is 8.74. The number of hydrogen-bond donors (Lipinski definition) is 3. The number of rotatable bonds is 3. The summed E-state index contributed by atoms with van der Waals surface area (Å²) in [6, 6.07) is 4.56. The van der Waals surface area contributed by atoms with E-state index in [4.69, 9.17) is 21.1 Å². The van der Waals surface area contributed by atoms with E-state index in [0.717, 1.165) is 4.88 Å². The molecule has 1 aromatic carbocycles. The molecule has 2 aromatic rings. The van der Waals surface area contributed by atoms with E-state index >= 15 is 0 Å². The Labute approximate surface area is 200 Å². The molecule has 0 bridgehead atoms. The molecule has 1 saturated heterocycles. The van der Waals surface area contributed by atoms with E-state index in [1.165, 1.54) is 11.3 Å². The predicted molar refractivity (Wildman–Crippen MR) is 127 cm³/mol. The second kappa shape index (κ2) is 9.11. The minimum atomic E-state index is -0.542. The highest BCUT2D eigenvalue weighted by molar-refractivity contribution is 7.16. The van der Waals surface area contributed by atoms with Crippen LogP contribution in [0, 0.1) is 0 Å². The molecule has 4 rings (SSSR count). The van der Waals surface area contributed by atoms with Crippen LogP contribution in [0.2, 0.25) is 5.02 Å². The van der Waals surface area contributed by atoms with Gasteiger partial charge < -0.3 is 25.0 Å². The van der Waals surface area contributed by atoms with Gasteiger partial charge in [0, 0.05) is 30.9 Å². The van der Waals surface area contributed by atoms with Crippen molar-refractivity contribution in [3.05, 3.63) is 33.7 Å². The standard InChI is InChI=1S/C22H25ClN4O5S/c1-22(2,3)15-10-12(20(29)27-8-6-16(28)24-7-9-27)19(33-15)26-21(30)25-13-4-5-14-18(17(13)23)32-11-31-14/h4-5,10H,6-9,11H2,1-3H3,(H,24,28)(H2,25,26,30). The average Bonchev–Trinajstić information content (AvgIpc) is 3.34. The van der Waals surface area contributed by atoms with Gasteiger partial charge in [-0.15, -0.1) is 11.3 Å². The van der Waals surface area contributed by atoms with Gasteiger partial charge in [0.15, 0.2) is 11.5 Å². The van der Waals surface area contributed by atoms with Crippen molar-refractivity contribution in [3.63, 3.8) is 0 Å². The van der Waals surface area contributed by atoms with Crippen molar-refractivity contribution in [1.82, 2.24) is 10.2 Å². The third kappa shape index (κ3) is 5.01. The summed E-state index contributed by atoms with van der Waals surface area (Å²) in [5.41, 5.74) is 0.537. The van der Waals surface area contributed by atoms with Gasteiger partial charge >= 0.3 is 6.03 Å². The minimum Gasteiger partial charge on any atom is -0.454 e. The van der Waals surface area contributed by atoms with Crippen LogP contribution in [0.4, 0.5) is 15.5 Å². The zero-order valence-electron chi connectivity index (χ0n) is 18.5. The molecule has 1 aromatic heterocycles. The van der Waals surface area contributed by atoms with Crippen LogP contribution in [-0.4, -0.2) is 49.2 Å². The number of nitrogens with one attached hydrogen (secondary N) is 3. The number of hydrogen-bond acceptors (Lipinski definition) is 6. The van der Waals surface area contributed by atoms with Crippen molar-refractivity contribution in [2.75, 3.05) is 37.1 Å². The molecule has 11 heteroatoms. The maximum Gasteiger partial charge on any atom is 0.324 e. The highest BCUT2D eigenvalue weighted by atomic mass is 35.5. The molecule has 0 unspecified atom stereocenters. The molecule has 0 atom stereocenters. The van der Waals surface area contributed by atoms with Gasteiger partial charge in [0.2, 0.25) is 12.7 Å². The van der Waals surface area contributed by atoms with Crippen LogP contribution in [0.15, 0.2) is 18.2 Å². The van der Waals surface area contributed by atoms with Crippen molar-refractivity contribution in [2.24, 2.45) is 0 Å². The minimum absolute atomic E-state index is 0.0680. The smallest absolute Gasteiger partial charge is 0.324 e. The number of carbonyl (C=O) groups is 3. The molecule has 0 saturated carbocycles. The highest BCUT2D eigenvalue weighted by Gasteiger charge is 2.28. The zero-order valence-corrected chi connectivity index (χ0v) is 20.1. The quantitative estimate of drug-likeness (QED) is 0.599. The van der Waals surface area contributed by atoms with Gasteiger partial charge in [-0.2, -0.15) is 0 Å². The zero-order chi connectivity index (χ0) is 23.8. The first-order valence-corrected chi connectivity index (χ1v) is 11.7. The first-order chi connectivity index (χ1) is 15.6. The Morgan fingerprint density at radius 3 is 2.73 bits per heavy atom. The molecule has 3 N–H and O–H groups in total. The maximum absolute atomic E-state index is 13.3. The summed E-state index contributed by atoms with van der Waals surface area (Å²) >= 11 is 7.68. The van der Waals surface area contributed by atoms with Crippen molar-refractivity contribution in [1.29, 1.82) is 0 Å². The number of nitrogens with zero attached hydrogens (tertiary/aromatic N) is 1. The molecule has 3 heterocycles. The van der Waals surface area contributed by atoms with Crippen LogP contribution in [0.3, 0.4) is 0 Å². The fourth-order valence-electron chi connectivity index (χ4n) is 3.44. The number of ether oxygens (including phenoxy) is 2. The van der Waals surface area contributed by atoms with E-state index < -0.39 is 6.03 Å². The van der Waals surface area contributed by atoms with Gasteiger partial charge in [0.1, 0.15) is 10.0 Å². The van der Waals surface area contributed by atoms with E-state index in [-0.39, 0.29) is 35.5 Å². The molecule has 0 aliphatic carbocycles. The molecule has 9 nitrogen and oxygen atoms in total. The highest BCUT2D eigenvalue weighted by Crippen LogP contribution is 2.43. The Balaban J connectivity index is 1.56. The van der Waals surface area contributed by atoms with Crippen LogP contribution in [0.5, 0.6) is 11.5 Å². The van der Waals surface area contributed by atoms with E-state index in [0.29, 0.717) is 47.4 Å². The van der Waals surface area contributed by atoms with Crippen molar-refractivity contribution >= 4 is 51.5 Å². The first kappa shape index (κ1) is 23.2. The SMILES string of the molecule is CC(C)(C)c1cc(C(=O)N2CCNC(=O)CC2)c(NC(=O)Nc2ccc3c(c2Cl)OCO3)s1. The van der Waals surface area contributed by atoms with Gasteiger partial charge in [0.05, 0.1) is 11.3 Å². The molecule has 4 amide bonds. The molecular weight excluding hydrogens is 468 g/mol. The lowest BCUT2D eigenvalue weighted by Crippen LogP contribution is -2.34. The van der Waals surface area contributed by atoms with E-state index in [1.54, 1.807) is 17.0 Å². The predicted octanol–water partition coefficient (Wildman–Crippen LogP) is 4.03. The second-order valence-corrected chi connectivity index (χ2v) is 10.2. The Morgan fingerprint density at radius 2 is 1.97 bits per heavy atom. The van der Waals surface area contributed by atoms with Gasteiger partial charge in [-0.3, -0.25) is 14.9 Å². The fourth-order valence-corrected chi connectivity index (χ4v) is 4.81. The lowest BCUT2D eigenvalue weighted by molar-refractivity contribution is -0.120. The largest absolute Gasteiger partial charge is 0.454 e.